The van der Waals surface area contributed by atoms with Crippen LogP contribution in [-0.2, 0) is 16.1 Å². The molecule has 0 saturated heterocycles. The molecule has 2 N–H and O–H groups in total. The topological polar surface area (TPSA) is 80.2 Å². The van der Waals surface area contributed by atoms with Gasteiger partial charge in [-0.15, -0.1) is 0 Å². The molecular formula is C17H25N3O3. The van der Waals surface area contributed by atoms with Gasteiger partial charge in [-0.3, -0.25) is 14.4 Å². The summed E-state index contributed by atoms with van der Waals surface area (Å²) in [5.74, 6) is -0.670. The van der Waals surface area contributed by atoms with E-state index in [0.717, 1.165) is 25.7 Å². The minimum Gasteiger partial charge on any atom is -0.345 e. The number of hydrogen-bond acceptors (Lipinski definition) is 3. The van der Waals surface area contributed by atoms with Gasteiger partial charge in [-0.25, -0.2) is 0 Å². The summed E-state index contributed by atoms with van der Waals surface area (Å²) in [6.07, 6.45) is 6.81. The number of nitrogens with zero attached hydrogens (tertiary/aromatic N) is 1. The summed E-state index contributed by atoms with van der Waals surface area (Å²) in [7, 11) is 0. The second-order valence-corrected chi connectivity index (χ2v) is 6.11. The van der Waals surface area contributed by atoms with Crippen molar-refractivity contribution in [1.29, 1.82) is 0 Å². The van der Waals surface area contributed by atoms with Gasteiger partial charge in [0, 0.05) is 24.8 Å². The van der Waals surface area contributed by atoms with Crippen LogP contribution in [0.1, 0.15) is 46.0 Å². The molecule has 23 heavy (non-hydrogen) atoms. The monoisotopic (exact) mass is 319 g/mol. The van der Waals surface area contributed by atoms with Crippen LogP contribution >= 0.6 is 0 Å². The molecule has 2 atom stereocenters. The van der Waals surface area contributed by atoms with Crippen LogP contribution in [0, 0.1) is 5.92 Å². The maximum Gasteiger partial charge on any atom is 0.313 e. The normalized spacial score (nSPS) is 20.8. The van der Waals surface area contributed by atoms with Gasteiger partial charge < -0.3 is 15.2 Å². The fourth-order valence-corrected chi connectivity index (χ4v) is 3.08. The van der Waals surface area contributed by atoms with Crippen LogP contribution < -0.4 is 16.2 Å². The molecule has 126 valence electrons. The fourth-order valence-electron chi connectivity index (χ4n) is 3.08. The van der Waals surface area contributed by atoms with Crippen molar-refractivity contribution in [3.63, 3.8) is 0 Å². The molecule has 6 heteroatoms. The van der Waals surface area contributed by atoms with Gasteiger partial charge in [0.1, 0.15) is 0 Å². The van der Waals surface area contributed by atoms with Crippen molar-refractivity contribution >= 4 is 17.5 Å². The molecule has 0 bridgehead atoms. The Hall–Kier alpha value is -2.11. The molecule has 1 heterocycles. The van der Waals surface area contributed by atoms with Crippen molar-refractivity contribution < 1.29 is 9.59 Å². The number of carbonyl (C=O) groups excluding carboxylic acids is 2. The van der Waals surface area contributed by atoms with Crippen LogP contribution in [0.25, 0.3) is 0 Å². The number of nitrogens with one attached hydrogen (secondary N) is 2. The summed E-state index contributed by atoms with van der Waals surface area (Å²) in [5.41, 5.74) is 0.310. The minimum absolute atomic E-state index is 0.0801. The van der Waals surface area contributed by atoms with Crippen LogP contribution in [-0.4, -0.2) is 22.4 Å². The first-order valence-corrected chi connectivity index (χ1v) is 8.35. The number of carbonyl (C=O) groups is 2. The minimum atomic E-state index is -0.690. The molecule has 0 aromatic carbocycles. The van der Waals surface area contributed by atoms with Crippen LogP contribution in [0.2, 0.25) is 0 Å². The third-order valence-electron chi connectivity index (χ3n) is 4.48. The van der Waals surface area contributed by atoms with E-state index >= 15 is 0 Å². The SMILES string of the molecule is CC[C@@H]1CCC[C@H](NC(=O)C(=O)Nc2ccc(=O)n(CC)c2)C1. The Labute approximate surface area is 136 Å². The van der Waals surface area contributed by atoms with E-state index in [1.807, 2.05) is 6.92 Å². The third-order valence-corrected chi connectivity index (χ3v) is 4.48. The highest BCUT2D eigenvalue weighted by atomic mass is 16.2. The highest BCUT2D eigenvalue weighted by molar-refractivity contribution is 6.39. The molecule has 2 amide bonds. The molecule has 1 aliphatic rings. The van der Waals surface area contributed by atoms with E-state index in [9.17, 15) is 14.4 Å². The third kappa shape index (κ3) is 4.68. The number of rotatable bonds is 4. The molecule has 6 nitrogen and oxygen atoms in total. The van der Waals surface area contributed by atoms with Crippen LogP contribution in [0.3, 0.4) is 0 Å². The van der Waals surface area contributed by atoms with Gasteiger partial charge in [0.15, 0.2) is 0 Å². The van der Waals surface area contributed by atoms with E-state index in [1.54, 1.807) is 6.20 Å². The van der Waals surface area contributed by atoms with E-state index in [-0.39, 0.29) is 11.6 Å². The van der Waals surface area contributed by atoms with E-state index < -0.39 is 11.8 Å². The number of hydrogen-bond donors (Lipinski definition) is 2. The number of anilines is 1. The Morgan fingerprint density at radius 3 is 2.70 bits per heavy atom. The number of pyridine rings is 1. The Bertz CT molecular complexity index is 624. The van der Waals surface area contributed by atoms with Gasteiger partial charge in [-0.2, -0.15) is 0 Å². The summed E-state index contributed by atoms with van der Waals surface area (Å²) < 4.78 is 1.47. The van der Waals surface area contributed by atoms with Crippen LogP contribution in [0.5, 0.6) is 0 Å². The van der Waals surface area contributed by atoms with E-state index in [0.29, 0.717) is 18.2 Å². The molecule has 0 radical (unpaired) electrons. The lowest BCUT2D eigenvalue weighted by Crippen LogP contribution is -2.43. The van der Waals surface area contributed by atoms with Crippen molar-refractivity contribution in [3.8, 4) is 0 Å². The van der Waals surface area contributed by atoms with Crippen molar-refractivity contribution in [2.45, 2.75) is 58.5 Å². The molecular weight excluding hydrogens is 294 g/mol. The van der Waals surface area contributed by atoms with Gasteiger partial charge >= 0.3 is 11.8 Å². The summed E-state index contributed by atoms with van der Waals surface area (Å²) in [5, 5.41) is 5.37. The zero-order chi connectivity index (χ0) is 16.8. The van der Waals surface area contributed by atoms with E-state index in [2.05, 4.69) is 17.6 Å². The molecule has 1 fully saturated rings. The van der Waals surface area contributed by atoms with Crippen molar-refractivity contribution in [2.75, 3.05) is 5.32 Å². The fraction of sp³-hybridized carbons (Fsp3) is 0.588. The van der Waals surface area contributed by atoms with Gasteiger partial charge in [0.2, 0.25) is 0 Å². The number of amides is 2. The smallest absolute Gasteiger partial charge is 0.313 e. The summed E-state index contributed by atoms with van der Waals surface area (Å²) in [4.78, 5) is 35.6. The highest BCUT2D eigenvalue weighted by Crippen LogP contribution is 2.26. The summed E-state index contributed by atoms with van der Waals surface area (Å²) >= 11 is 0. The van der Waals surface area contributed by atoms with Gasteiger partial charge in [0.05, 0.1) is 5.69 Å². The molecule has 1 aromatic rings. The average Bonchev–Trinajstić information content (AvgIpc) is 2.56. The second kappa shape index (κ2) is 7.94. The molecule has 0 aliphatic heterocycles. The first-order chi connectivity index (χ1) is 11.0. The number of aromatic nitrogens is 1. The maximum atomic E-state index is 12.0. The lowest BCUT2D eigenvalue weighted by molar-refractivity contribution is -0.136. The van der Waals surface area contributed by atoms with Crippen molar-refractivity contribution in [3.05, 3.63) is 28.7 Å². The molecule has 0 spiro atoms. The molecule has 0 unspecified atom stereocenters. The predicted octanol–water partition coefficient (Wildman–Crippen LogP) is 1.89. The largest absolute Gasteiger partial charge is 0.345 e. The van der Waals surface area contributed by atoms with Crippen molar-refractivity contribution in [1.82, 2.24) is 9.88 Å². The lowest BCUT2D eigenvalue weighted by Gasteiger charge is -2.28. The Kier molecular flexibility index (Phi) is 5.96. The number of aryl methyl sites for hydroxylation is 1. The Balaban J connectivity index is 1.92. The van der Waals surface area contributed by atoms with Gasteiger partial charge in [0.25, 0.3) is 5.56 Å². The van der Waals surface area contributed by atoms with E-state index in [4.69, 9.17) is 0 Å². The Morgan fingerprint density at radius 1 is 1.22 bits per heavy atom. The van der Waals surface area contributed by atoms with Gasteiger partial charge in [-0.05, 0) is 31.7 Å². The molecule has 2 rings (SSSR count). The quantitative estimate of drug-likeness (QED) is 0.832. The van der Waals surface area contributed by atoms with Crippen molar-refractivity contribution in [2.24, 2.45) is 5.92 Å². The van der Waals surface area contributed by atoms with E-state index in [1.165, 1.54) is 23.1 Å². The Morgan fingerprint density at radius 2 is 2.00 bits per heavy atom. The van der Waals surface area contributed by atoms with Gasteiger partial charge in [-0.1, -0.05) is 26.2 Å². The average molecular weight is 319 g/mol. The molecule has 1 aliphatic carbocycles. The highest BCUT2D eigenvalue weighted by Gasteiger charge is 2.24. The maximum absolute atomic E-state index is 12.0. The van der Waals surface area contributed by atoms with Crippen LogP contribution in [0.15, 0.2) is 23.1 Å². The summed E-state index contributed by atoms with van der Waals surface area (Å²) in [6, 6.07) is 2.97. The molecule has 1 saturated carbocycles. The standard InChI is InChI=1S/C17H25N3O3/c1-3-12-6-5-7-13(10-12)18-16(22)17(23)19-14-8-9-15(21)20(4-2)11-14/h8-9,11-13H,3-7,10H2,1-2H3,(H,18,22)(H,19,23)/t12-,13+/m1/s1. The zero-order valence-electron chi connectivity index (χ0n) is 13.8. The predicted molar refractivity (Wildman–Crippen MR) is 89.2 cm³/mol. The van der Waals surface area contributed by atoms with Crippen LogP contribution in [0.4, 0.5) is 5.69 Å². The zero-order valence-corrected chi connectivity index (χ0v) is 13.8. The molecule has 1 aromatic heterocycles. The first-order valence-electron chi connectivity index (χ1n) is 8.35. The summed E-state index contributed by atoms with van der Waals surface area (Å²) in [6.45, 7) is 4.51. The first kappa shape index (κ1) is 17.2. The second-order valence-electron chi connectivity index (χ2n) is 6.11. The lowest BCUT2D eigenvalue weighted by atomic mass is 9.84.